The van der Waals surface area contributed by atoms with Crippen molar-refractivity contribution in [1.82, 2.24) is 10.6 Å². The molecule has 0 saturated heterocycles. The number of hydrogen-bond acceptors (Lipinski definition) is 3. The smallest absolute Gasteiger partial charge is 0.407 e. The van der Waals surface area contributed by atoms with Gasteiger partial charge in [-0.1, -0.05) is 52.3 Å². The van der Waals surface area contributed by atoms with Crippen molar-refractivity contribution in [3.8, 4) is 0 Å². The molecule has 2 N–H and O–H groups in total. The van der Waals surface area contributed by atoms with Gasteiger partial charge >= 0.3 is 6.09 Å². The highest BCUT2D eigenvalue weighted by Crippen LogP contribution is 2.49. The minimum Gasteiger partial charge on any atom is -0.444 e. The number of amides is 2. The molecule has 0 atom stereocenters. The molecule has 3 aromatic rings. The van der Waals surface area contributed by atoms with Crippen LogP contribution in [0.3, 0.4) is 0 Å². The van der Waals surface area contributed by atoms with Crippen LogP contribution in [0.1, 0.15) is 60.7 Å². The van der Waals surface area contributed by atoms with Crippen LogP contribution in [-0.4, -0.2) is 17.6 Å². The van der Waals surface area contributed by atoms with E-state index in [0.29, 0.717) is 5.56 Å². The van der Waals surface area contributed by atoms with Crippen molar-refractivity contribution < 1.29 is 14.3 Å². The Bertz CT molecular complexity index is 1230. The van der Waals surface area contributed by atoms with Gasteiger partial charge < -0.3 is 15.4 Å². The van der Waals surface area contributed by atoms with Crippen molar-refractivity contribution in [2.75, 3.05) is 0 Å². The Hall–Kier alpha value is -2.86. The molecular formula is C27H29BrN2O3. The van der Waals surface area contributed by atoms with Gasteiger partial charge in [-0.05, 0) is 86.2 Å². The average Bonchev–Trinajstić information content (AvgIpc) is 3.51. The summed E-state index contributed by atoms with van der Waals surface area (Å²) in [4.78, 5) is 25.3. The van der Waals surface area contributed by atoms with Crippen molar-refractivity contribution in [2.45, 2.75) is 58.2 Å². The molecule has 1 saturated carbocycles. The monoisotopic (exact) mass is 508 g/mol. The molecule has 1 aliphatic rings. The molecule has 2 amide bonds. The van der Waals surface area contributed by atoms with E-state index >= 15 is 0 Å². The van der Waals surface area contributed by atoms with Crippen molar-refractivity contribution >= 4 is 38.7 Å². The second-order valence-corrected chi connectivity index (χ2v) is 10.6. The zero-order valence-corrected chi connectivity index (χ0v) is 21.0. The van der Waals surface area contributed by atoms with E-state index in [0.717, 1.165) is 44.8 Å². The van der Waals surface area contributed by atoms with Crippen LogP contribution >= 0.6 is 15.9 Å². The maximum Gasteiger partial charge on any atom is 0.407 e. The molecule has 0 heterocycles. The van der Waals surface area contributed by atoms with Gasteiger partial charge in [-0.25, -0.2) is 4.79 Å². The van der Waals surface area contributed by atoms with E-state index in [4.69, 9.17) is 4.74 Å². The summed E-state index contributed by atoms with van der Waals surface area (Å²) in [6.07, 6.45) is 1.32. The third-order valence-electron chi connectivity index (χ3n) is 5.83. The summed E-state index contributed by atoms with van der Waals surface area (Å²) >= 11 is 3.63. The highest BCUT2D eigenvalue weighted by Gasteiger charge is 2.47. The SMILES string of the molecule is Cc1ccc(CNC(=O)OC(C)(C)C)cc1C(=O)NC1(c2cc(Br)cc3ccccc23)CC1. The Morgan fingerprint density at radius 3 is 2.48 bits per heavy atom. The molecular weight excluding hydrogens is 480 g/mol. The molecule has 1 fully saturated rings. The maximum atomic E-state index is 13.4. The topological polar surface area (TPSA) is 67.4 Å². The summed E-state index contributed by atoms with van der Waals surface area (Å²) in [7, 11) is 0. The Labute approximate surface area is 203 Å². The summed E-state index contributed by atoms with van der Waals surface area (Å²) in [5.74, 6) is -0.104. The van der Waals surface area contributed by atoms with E-state index in [9.17, 15) is 9.59 Å². The lowest BCUT2D eigenvalue weighted by molar-refractivity contribution is 0.0523. The molecule has 4 rings (SSSR count). The molecule has 5 nitrogen and oxygen atoms in total. The van der Waals surface area contributed by atoms with Gasteiger partial charge in [0.1, 0.15) is 5.60 Å². The van der Waals surface area contributed by atoms with Crippen LogP contribution in [0.15, 0.2) is 59.1 Å². The molecule has 33 heavy (non-hydrogen) atoms. The Morgan fingerprint density at radius 2 is 1.79 bits per heavy atom. The van der Waals surface area contributed by atoms with E-state index in [-0.39, 0.29) is 18.0 Å². The number of nitrogens with one attached hydrogen (secondary N) is 2. The first-order chi connectivity index (χ1) is 15.6. The van der Waals surface area contributed by atoms with Crippen molar-refractivity contribution in [3.05, 3.63) is 81.3 Å². The quantitative estimate of drug-likeness (QED) is 0.421. The van der Waals surface area contributed by atoms with Gasteiger partial charge in [-0.15, -0.1) is 0 Å². The zero-order chi connectivity index (χ0) is 23.8. The number of benzene rings is 3. The van der Waals surface area contributed by atoms with Crippen molar-refractivity contribution in [1.29, 1.82) is 0 Å². The van der Waals surface area contributed by atoms with E-state index in [1.807, 2.05) is 58.0 Å². The van der Waals surface area contributed by atoms with Gasteiger partial charge in [0.25, 0.3) is 5.91 Å². The van der Waals surface area contributed by atoms with E-state index < -0.39 is 11.7 Å². The van der Waals surface area contributed by atoms with E-state index in [1.54, 1.807) is 0 Å². The summed E-state index contributed by atoms with van der Waals surface area (Å²) in [6, 6.07) is 18.1. The van der Waals surface area contributed by atoms with Crippen LogP contribution < -0.4 is 10.6 Å². The first-order valence-electron chi connectivity index (χ1n) is 11.1. The van der Waals surface area contributed by atoms with Gasteiger partial charge in [0.2, 0.25) is 0 Å². The third kappa shape index (κ3) is 5.38. The molecule has 0 aromatic heterocycles. The number of carbonyl (C=O) groups is 2. The summed E-state index contributed by atoms with van der Waals surface area (Å²) in [5.41, 5.74) is 2.57. The number of alkyl carbamates (subject to hydrolysis) is 1. The molecule has 1 aliphatic carbocycles. The first-order valence-corrected chi connectivity index (χ1v) is 11.9. The van der Waals surface area contributed by atoms with Crippen molar-refractivity contribution in [2.24, 2.45) is 0 Å². The summed E-state index contributed by atoms with van der Waals surface area (Å²) in [5, 5.41) is 8.37. The van der Waals surface area contributed by atoms with Crippen LogP contribution in [0, 0.1) is 6.92 Å². The predicted octanol–water partition coefficient (Wildman–Crippen LogP) is 6.35. The van der Waals surface area contributed by atoms with Crippen LogP contribution in [0.25, 0.3) is 10.8 Å². The van der Waals surface area contributed by atoms with Crippen LogP contribution in [-0.2, 0) is 16.8 Å². The van der Waals surface area contributed by atoms with E-state index in [2.05, 4.69) is 50.8 Å². The average molecular weight is 509 g/mol. The minimum absolute atomic E-state index is 0.104. The fourth-order valence-corrected chi connectivity index (χ4v) is 4.53. The van der Waals surface area contributed by atoms with Gasteiger partial charge in [0, 0.05) is 16.6 Å². The molecule has 0 aliphatic heterocycles. The molecule has 172 valence electrons. The first kappa shape index (κ1) is 23.3. The Morgan fingerprint density at radius 1 is 1.06 bits per heavy atom. The van der Waals surface area contributed by atoms with Crippen LogP contribution in [0.2, 0.25) is 0 Å². The standard InChI is InChI=1S/C27H29BrN2O3/c1-17-9-10-18(16-29-25(32)33-26(2,3)4)13-22(17)24(31)30-27(11-12-27)23-15-20(28)14-19-7-5-6-8-21(19)23/h5-10,13-15H,11-12,16H2,1-4H3,(H,29,32)(H,30,31). The molecule has 3 aromatic carbocycles. The fourth-order valence-electron chi connectivity index (χ4n) is 4.05. The molecule has 0 unspecified atom stereocenters. The molecule has 0 bridgehead atoms. The Balaban J connectivity index is 1.53. The number of carbonyl (C=O) groups excluding carboxylic acids is 2. The maximum absolute atomic E-state index is 13.4. The van der Waals surface area contributed by atoms with Crippen LogP contribution in [0.5, 0.6) is 0 Å². The van der Waals surface area contributed by atoms with Gasteiger partial charge in [-0.2, -0.15) is 0 Å². The second-order valence-electron chi connectivity index (χ2n) is 9.72. The molecule has 0 radical (unpaired) electrons. The summed E-state index contributed by atoms with van der Waals surface area (Å²) < 4.78 is 6.30. The summed E-state index contributed by atoms with van der Waals surface area (Å²) in [6.45, 7) is 7.68. The molecule has 6 heteroatoms. The normalized spacial score (nSPS) is 14.6. The Kier molecular flexibility index (Phi) is 6.23. The predicted molar refractivity (Wildman–Crippen MR) is 134 cm³/mol. The van der Waals surface area contributed by atoms with Gasteiger partial charge in [-0.3, -0.25) is 4.79 Å². The zero-order valence-electron chi connectivity index (χ0n) is 19.4. The minimum atomic E-state index is -0.558. The molecule has 0 spiro atoms. The van der Waals surface area contributed by atoms with Crippen LogP contribution in [0.4, 0.5) is 4.79 Å². The highest BCUT2D eigenvalue weighted by molar-refractivity contribution is 9.10. The largest absolute Gasteiger partial charge is 0.444 e. The number of aryl methyl sites for hydroxylation is 1. The number of rotatable bonds is 5. The number of hydrogen-bond donors (Lipinski definition) is 2. The lowest BCUT2D eigenvalue weighted by Gasteiger charge is -2.22. The third-order valence-corrected chi connectivity index (χ3v) is 6.29. The van der Waals surface area contributed by atoms with Gasteiger partial charge in [0.15, 0.2) is 0 Å². The van der Waals surface area contributed by atoms with Gasteiger partial charge in [0.05, 0.1) is 5.54 Å². The fraction of sp³-hybridized carbons (Fsp3) is 0.333. The number of ether oxygens (including phenoxy) is 1. The number of halogens is 1. The second kappa shape index (κ2) is 8.82. The van der Waals surface area contributed by atoms with E-state index in [1.165, 1.54) is 0 Å². The number of fused-ring (bicyclic) bond motifs is 1. The lowest BCUT2D eigenvalue weighted by Crippen LogP contribution is -2.35. The van der Waals surface area contributed by atoms with Crippen molar-refractivity contribution in [3.63, 3.8) is 0 Å². The highest BCUT2D eigenvalue weighted by atomic mass is 79.9. The lowest BCUT2D eigenvalue weighted by atomic mass is 9.96.